The minimum Gasteiger partial charge on any atom is -0.307 e. The topological polar surface area (TPSA) is 55.6 Å². The van der Waals surface area contributed by atoms with Crippen LogP contribution in [0.5, 0.6) is 0 Å². The Morgan fingerprint density at radius 2 is 1.94 bits per heavy atom. The zero-order valence-corrected chi connectivity index (χ0v) is 11.6. The van der Waals surface area contributed by atoms with E-state index in [1.54, 1.807) is 0 Å². The summed E-state index contributed by atoms with van der Waals surface area (Å²) in [5.74, 6) is 1.57. The van der Waals surface area contributed by atoms with E-state index in [1.807, 2.05) is 4.68 Å². The predicted molar refractivity (Wildman–Crippen MR) is 68.7 cm³/mol. The van der Waals surface area contributed by atoms with Gasteiger partial charge in [-0.2, -0.15) is 0 Å². The van der Waals surface area contributed by atoms with Crippen LogP contribution in [0.15, 0.2) is 0 Å². The largest absolute Gasteiger partial charge is 0.307 e. The Kier molecular flexibility index (Phi) is 5.55. The van der Waals surface area contributed by atoms with Crippen molar-refractivity contribution in [3.8, 4) is 0 Å². The van der Waals surface area contributed by atoms with E-state index in [0.717, 1.165) is 25.2 Å². The Labute approximate surface area is 104 Å². The van der Waals surface area contributed by atoms with Gasteiger partial charge in [0.2, 0.25) is 0 Å². The molecule has 0 aliphatic rings. The van der Waals surface area contributed by atoms with Crippen molar-refractivity contribution in [2.75, 3.05) is 6.54 Å². The van der Waals surface area contributed by atoms with Crippen LogP contribution in [0, 0.1) is 5.92 Å². The summed E-state index contributed by atoms with van der Waals surface area (Å²) in [6.07, 6.45) is 2.25. The average molecular weight is 239 g/mol. The zero-order valence-electron chi connectivity index (χ0n) is 11.6. The van der Waals surface area contributed by atoms with Gasteiger partial charge in [-0.1, -0.05) is 27.2 Å². The molecule has 1 heterocycles. The third-order valence-electron chi connectivity index (χ3n) is 2.86. The van der Waals surface area contributed by atoms with E-state index in [1.165, 1.54) is 0 Å². The van der Waals surface area contributed by atoms with Crippen LogP contribution >= 0.6 is 0 Å². The zero-order chi connectivity index (χ0) is 12.8. The van der Waals surface area contributed by atoms with Gasteiger partial charge in [-0.15, -0.1) is 5.10 Å². The minimum absolute atomic E-state index is 0.201. The molecule has 5 heteroatoms. The number of tetrazole rings is 1. The second-order valence-corrected chi connectivity index (χ2v) is 5.14. The van der Waals surface area contributed by atoms with E-state index in [0.29, 0.717) is 12.0 Å². The quantitative estimate of drug-likeness (QED) is 0.793. The molecule has 1 rings (SSSR count). The first kappa shape index (κ1) is 14.1. The molecular weight excluding hydrogens is 214 g/mol. The first-order chi connectivity index (χ1) is 8.06. The van der Waals surface area contributed by atoms with Gasteiger partial charge in [0, 0.05) is 0 Å². The Morgan fingerprint density at radius 1 is 1.24 bits per heavy atom. The van der Waals surface area contributed by atoms with E-state index in [-0.39, 0.29) is 6.04 Å². The molecule has 1 aromatic heterocycles. The molecule has 0 saturated heterocycles. The van der Waals surface area contributed by atoms with E-state index >= 15 is 0 Å². The maximum atomic E-state index is 4.14. The van der Waals surface area contributed by atoms with Gasteiger partial charge in [0.25, 0.3) is 0 Å². The van der Waals surface area contributed by atoms with Gasteiger partial charge in [0.05, 0.1) is 12.1 Å². The molecule has 0 radical (unpaired) electrons. The summed E-state index contributed by atoms with van der Waals surface area (Å²) >= 11 is 0. The smallest absolute Gasteiger partial charge is 0.168 e. The van der Waals surface area contributed by atoms with Gasteiger partial charge >= 0.3 is 0 Å². The molecule has 0 spiro atoms. The summed E-state index contributed by atoms with van der Waals surface area (Å²) in [5.41, 5.74) is 0. The fourth-order valence-electron chi connectivity index (χ4n) is 1.84. The van der Waals surface area contributed by atoms with Crippen molar-refractivity contribution in [2.45, 2.75) is 59.5 Å². The van der Waals surface area contributed by atoms with Crippen LogP contribution in [0.2, 0.25) is 0 Å². The van der Waals surface area contributed by atoms with Gasteiger partial charge in [-0.3, -0.25) is 0 Å². The first-order valence-electron chi connectivity index (χ1n) is 6.57. The van der Waals surface area contributed by atoms with Gasteiger partial charge in [-0.05, 0) is 43.2 Å². The lowest BCUT2D eigenvalue weighted by molar-refractivity contribution is 0.397. The molecule has 0 saturated carbocycles. The van der Waals surface area contributed by atoms with Crippen LogP contribution < -0.4 is 5.32 Å². The number of nitrogens with zero attached hydrogens (tertiary/aromatic N) is 4. The molecular formula is C12H25N5. The molecule has 0 aliphatic heterocycles. The highest BCUT2D eigenvalue weighted by molar-refractivity contribution is 4.91. The summed E-state index contributed by atoms with van der Waals surface area (Å²) in [6.45, 7) is 11.8. The number of rotatable bonds is 7. The molecule has 0 fully saturated rings. The third-order valence-corrected chi connectivity index (χ3v) is 2.86. The molecule has 2 unspecified atom stereocenters. The molecule has 0 amide bonds. The highest BCUT2D eigenvalue weighted by Gasteiger charge is 2.17. The maximum Gasteiger partial charge on any atom is 0.168 e. The fourth-order valence-corrected chi connectivity index (χ4v) is 1.84. The van der Waals surface area contributed by atoms with Crippen LogP contribution in [0.25, 0.3) is 0 Å². The Bertz CT molecular complexity index is 320. The fraction of sp³-hybridized carbons (Fsp3) is 0.917. The Hall–Kier alpha value is -0.970. The second kappa shape index (κ2) is 6.69. The molecule has 5 nitrogen and oxygen atoms in total. The van der Waals surface area contributed by atoms with Crippen molar-refractivity contribution in [1.82, 2.24) is 25.5 Å². The molecule has 0 aliphatic carbocycles. The Balaban J connectivity index is 2.66. The minimum atomic E-state index is 0.201. The van der Waals surface area contributed by atoms with Gasteiger partial charge < -0.3 is 5.32 Å². The van der Waals surface area contributed by atoms with Crippen molar-refractivity contribution in [3.63, 3.8) is 0 Å². The lowest BCUT2D eigenvalue weighted by Crippen LogP contribution is -2.26. The summed E-state index contributed by atoms with van der Waals surface area (Å²) in [7, 11) is 0. The maximum absolute atomic E-state index is 4.14. The van der Waals surface area contributed by atoms with Crippen molar-refractivity contribution >= 4 is 0 Å². The lowest BCUT2D eigenvalue weighted by Gasteiger charge is -2.18. The van der Waals surface area contributed by atoms with E-state index in [2.05, 4.69) is 55.5 Å². The van der Waals surface area contributed by atoms with Crippen LogP contribution in [0.1, 0.15) is 65.4 Å². The highest BCUT2D eigenvalue weighted by atomic mass is 15.6. The van der Waals surface area contributed by atoms with Crippen molar-refractivity contribution in [1.29, 1.82) is 0 Å². The molecule has 1 N–H and O–H groups in total. The molecule has 98 valence electrons. The molecule has 17 heavy (non-hydrogen) atoms. The average Bonchev–Trinajstić information content (AvgIpc) is 2.75. The molecule has 0 aromatic carbocycles. The molecule has 1 aromatic rings. The van der Waals surface area contributed by atoms with Crippen LogP contribution in [-0.2, 0) is 0 Å². The monoisotopic (exact) mass is 239 g/mol. The SMILES string of the molecule is CCCC(C)n1nnnc1C(C)NCC(C)C. The standard InChI is InChI=1S/C12H25N5/c1-6-7-10(4)17-12(14-15-16-17)11(5)13-8-9(2)3/h9-11,13H,6-8H2,1-5H3. The summed E-state index contributed by atoms with van der Waals surface area (Å²) < 4.78 is 1.95. The molecule has 2 atom stereocenters. The van der Waals surface area contributed by atoms with Crippen LogP contribution in [0.3, 0.4) is 0 Å². The van der Waals surface area contributed by atoms with Gasteiger partial charge in [0.1, 0.15) is 0 Å². The summed E-state index contributed by atoms with van der Waals surface area (Å²) in [6, 6.07) is 0.569. The Morgan fingerprint density at radius 3 is 2.53 bits per heavy atom. The van der Waals surface area contributed by atoms with Gasteiger partial charge in [0.15, 0.2) is 5.82 Å². The van der Waals surface area contributed by atoms with E-state index in [4.69, 9.17) is 0 Å². The van der Waals surface area contributed by atoms with Gasteiger partial charge in [-0.25, -0.2) is 4.68 Å². The highest BCUT2D eigenvalue weighted by Crippen LogP contribution is 2.16. The van der Waals surface area contributed by atoms with Crippen molar-refractivity contribution in [3.05, 3.63) is 5.82 Å². The number of hydrogen-bond acceptors (Lipinski definition) is 4. The number of nitrogens with one attached hydrogen (secondary N) is 1. The summed E-state index contributed by atoms with van der Waals surface area (Å²) in [4.78, 5) is 0. The van der Waals surface area contributed by atoms with Crippen molar-refractivity contribution in [2.24, 2.45) is 5.92 Å². The lowest BCUT2D eigenvalue weighted by atomic mass is 10.2. The van der Waals surface area contributed by atoms with Crippen molar-refractivity contribution < 1.29 is 0 Å². The van der Waals surface area contributed by atoms with E-state index < -0.39 is 0 Å². The van der Waals surface area contributed by atoms with Crippen LogP contribution in [-0.4, -0.2) is 26.8 Å². The molecule has 0 bridgehead atoms. The summed E-state index contributed by atoms with van der Waals surface area (Å²) in [5, 5.41) is 15.5. The number of aromatic nitrogens is 4. The predicted octanol–water partition coefficient (Wildman–Crippen LogP) is 2.34. The van der Waals surface area contributed by atoms with E-state index in [9.17, 15) is 0 Å². The van der Waals surface area contributed by atoms with Crippen LogP contribution in [0.4, 0.5) is 0 Å². The normalized spacial score (nSPS) is 15.2. The third kappa shape index (κ3) is 4.07. The number of hydrogen-bond donors (Lipinski definition) is 1. The first-order valence-corrected chi connectivity index (χ1v) is 6.57. The second-order valence-electron chi connectivity index (χ2n) is 5.14.